The average molecular weight is 524 g/mol. The number of anilines is 1. The van der Waals surface area contributed by atoms with Crippen molar-refractivity contribution in [2.75, 3.05) is 11.9 Å². The summed E-state index contributed by atoms with van der Waals surface area (Å²) in [5, 5.41) is 16.4. The molecule has 0 fully saturated rings. The summed E-state index contributed by atoms with van der Waals surface area (Å²) in [6, 6.07) is 23.0. The van der Waals surface area contributed by atoms with E-state index in [0.717, 1.165) is 58.7 Å². The van der Waals surface area contributed by atoms with Crippen LogP contribution in [-0.2, 0) is 22.5 Å². The summed E-state index contributed by atoms with van der Waals surface area (Å²) in [5.41, 5.74) is 7.07. The fraction of sp³-hybridized carbons (Fsp3) is 0.324. The number of aliphatic carboxylic acids is 1. The van der Waals surface area contributed by atoms with Crippen molar-refractivity contribution in [1.29, 1.82) is 0 Å². The molecule has 1 aliphatic rings. The van der Waals surface area contributed by atoms with Crippen LogP contribution < -0.4 is 10.1 Å². The molecule has 0 saturated carbocycles. The Balaban J connectivity index is 1.62. The SMILES string of the molecule is Cc1cc(NCc2cccc3ccccc23)c(C)c(C(OC(C)(C)C)C(=O)O)c1-c1ccc2c(c1)CCCO2. The van der Waals surface area contributed by atoms with Gasteiger partial charge in [-0.3, -0.25) is 0 Å². The highest BCUT2D eigenvalue weighted by Crippen LogP contribution is 2.42. The first kappa shape index (κ1) is 26.8. The van der Waals surface area contributed by atoms with Crippen molar-refractivity contribution >= 4 is 22.4 Å². The predicted molar refractivity (Wildman–Crippen MR) is 158 cm³/mol. The van der Waals surface area contributed by atoms with Gasteiger partial charge in [0, 0.05) is 17.8 Å². The number of benzene rings is 4. The number of hydrogen-bond donors (Lipinski definition) is 2. The minimum Gasteiger partial charge on any atom is -0.493 e. The molecule has 0 aliphatic carbocycles. The molecule has 5 nitrogen and oxygen atoms in total. The normalized spacial score (nSPS) is 14.0. The minimum atomic E-state index is -1.12. The minimum absolute atomic E-state index is 0.620. The lowest BCUT2D eigenvalue weighted by Crippen LogP contribution is -2.28. The van der Waals surface area contributed by atoms with Crippen molar-refractivity contribution in [2.24, 2.45) is 0 Å². The quantitative estimate of drug-likeness (QED) is 0.257. The van der Waals surface area contributed by atoms with Gasteiger partial charge in [-0.05, 0) is 110 Å². The fourth-order valence-electron chi connectivity index (χ4n) is 5.58. The molecule has 0 radical (unpaired) electrons. The second-order valence-corrected chi connectivity index (χ2v) is 11.4. The van der Waals surface area contributed by atoms with E-state index in [0.29, 0.717) is 12.1 Å². The lowest BCUT2D eigenvalue weighted by Gasteiger charge is -2.30. The van der Waals surface area contributed by atoms with Crippen molar-refractivity contribution < 1.29 is 19.4 Å². The van der Waals surface area contributed by atoms with Gasteiger partial charge in [0.25, 0.3) is 0 Å². The topological polar surface area (TPSA) is 67.8 Å². The summed E-state index contributed by atoms with van der Waals surface area (Å²) in [5.74, 6) is -0.0869. The molecule has 5 heteroatoms. The molecular formula is C34H37NO4. The van der Waals surface area contributed by atoms with Gasteiger partial charge in [0.2, 0.25) is 0 Å². The number of rotatable bonds is 7. The van der Waals surface area contributed by atoms with Crippen LogP contribution in [0, 0.1) is 13.8 Å². The number of fused-ring (bicyclic) bond motifs is 2. The molecule has 4 aromatic rings. The van der Waals surface area contributed by atoms with E-state index in [4.69, 9.17) is 9.47 Å². The van der Waals surface area contributed by atoms with Crippen LogP contribution in [0.3, 0.4) is 0 Å². The van der Waals surface area contributed by atoms with E-state index in [1.165, 1.54) is 16.3 Å². The van der Waals surface area contributed by atoms with Gasteiger partial charge in [0.15, 0.2) is 6.10 Å². The van der Waals surface area contributed by atoms with E-state index < -0.39 is 17.7 Å². The second-order valence-electron chi connectivity index (χ2n) is 11.4. The van der Waals surface area contributed by atoms with Crippen LogP contribution in [0.25, 0.3) is 21.9 Å². The molecule has 39 heavy (non-hydrogen) atoms. The standard InChI is InChI=1S/C34H37NO4/c1-21-18-28(35-20-26-12-8-11-23-10-6-7-14-27(23)26)22(2)31(32(33(36)37)39-34(3,4)5)30(21)25-15-16-29-24(19-25)13-9-17-38-29/h6-8,10-12,14-16,18-19,32,35H,9,13,17,20H2,1-5H3,(H,36,37). The van der Waals surface area contributed by atoms with Crippen LogP contribution in [0.2, 0.25) is 0 Å². The third kappa shape index (κ3) is 5.64. The number of nitrogens with one attached hydrogen (secondary N) is 1. The maximum Gasteiger partial charge on any atom is 0.337 e. The Morgan fingerprint density at radius 3 is 2.59 bits per heavy atom. The maximum absolute atomic E-state index is 12.7. The Morgan fingerprint density at radius 2 is 1.82 bits per heavy atom. The predicted octanol–water partition coefficient (Wildman–Crippen LogP) is 8.00. The Hall–Kier alpha value is -3.83. The monoisotopic (exact) mass is 523 g/mol. The number of ether oxygens (including phenoxy) is 2. The van der Waals surface area contributed by atoms with Crippen LogP contribution in [0.4, 0.5) is 5.69 Å². The molecule has 0 spiro atoms. The van der Waals surface area contributed by atoms with Crippen molar-refractivity contribution in [2.45, 2.75) is 65.7 Å². The van der Waals surface area contributed by atoms with Gasteiger partial charge in [0.05, 0.1) is 12.2 Å². The molecule has 1 unspecified atom stereocenters. The number of aryl methyl sites for hydroxylation is 2. The second kappa shape index (κ2) is 10.7. The molecule has 5 rings (SSSR count). The van der Waals surface area contributed by atoms with Crippen LogP contribution >= 0.6 is 0 Å². The summed E-state index contributed by atoms with van der Waals surface area (Å²) in [6.07, 6.45) is 0.802. The van der Waals surface area contributed by atoms with Crippen LogP contribution in [0.1, 0.15) is 61.1 Å². The zero-order valence-corrected chi connectivity index (χ0v) is 23.4. The van der Waals surface area contributed by atoms with Crippen LogP contribution in [-0.4, -0.2) is 23.3 Å². The zero-order chi connectivity index (χ0) is 27.7. The molecule has 2 N–H and O–H groups in total. The lowest BCUT2D eigenvalue weighted by molar-refractivity contribution is -0.160. The molecule has 202 valence electrons. The average Bonchev–Trinajstić information content (AvgIpc) is 2.91. The third-order valence-corrected chi connectivity index (χ3v) is 7.34. The molecule has 0 aromatic heterocycles. The highest BCUT2D eigenvalue weighted by Gasteiger charge is 2.32. The first-order valence-corrected chi connectivity index (χ1v) is 13.6. The van der Waals surface area contributed by atoms with Crippen molar-refractivity contribution in [1.82, 2.24) is 0 Å². The van der Waals surface area contributed by atoms with Gasteiger partial charge in [-0.25, -0.2) is 4.79 Å². The fourth-order valence-corrected chi connectivity index (χ4v) is 5.58. The molecule has 1 atom stereocenters. The van der Waals surface area contributed by atoms with Gasteiger partial charge < -0.3 is 19.9 Å². The van der Waals surface area contributed by atoms with E-state index in [-0.39, 0.29) is 0 Å². The van der Waals surface area contributed by atoms with Gasteiger partial charge in [-0.15, -0.1) is 0 Å². The molecule has 1 heterocycles. The number of carboxylic acid groups (broad SMARTS) is 1. The lowest BCUT2D eigenvalue weighted by atomic mass is 9.86. The highest BCUT2D eigenvalue weighted by atomic mass is 16.5. The zero-order valence-electron chi connectivity index (χ0n) is 23.4. The first-order valence-electron chi connectivity index (χ1n) is 13.6. The number of carboxylic acids is 1. The Bertz CT molecular complexity index is 1530. The van der Waals surface area contributed by atoms with Crippen molar-refractivity contribution in [3.63, 3.8) is 0 Å². The summed E-state index contributed by atoms with van der Waals surface area (Å²) in [6.45, 7) is 11.1. The van der Waals surface area contributed by atoms with E-state index in [9.17, 15) is 9.90 Å². The molecular weight excluding hydrogens is 486 g/mol. The van der Waals surface area contributed by atoms with Crippen LogP contribution in [0.5, 0.6) is 5.75 Å². The Kier molecular flexibility index (Phi) is 7.37. The van der Waals surface area contributed by atoms with E-state index in [1.54, 1.807) is 0 Å². The third-order valence-electron chi connectivity index (χ3n) is 7.34. The van der Waals surface area contributed by atoms with Crippen molar-refractivity contribution in [3.05, 3.63) is 94.5 Å². The number of carbonyl (C=O) groups is 1. The summed E-state index contributed by atoms with van der Waals surface area (Å²) in [4.78, 5) is 12.7. The molecule has 0 bridgehead atoms. The highest BCUT2D eigenvalue weighted by molar-refractivity contribution is 5.87. The van der Waals surface area contributed by atoms with E-state index in [2.05, 4.69) is 53.8 Å². The van der Waals surface area contributed by atoms with Gasteiger partial charge in [-0.1, -0.05) is 48.5 Å². The molecule has 0 amide bonds. The largest absolute Gasteiger partial charge is 0.493 e. The Labute approximate surface area is 230 Å². The smallest absolute Gasteiger partial charge is 0.337 e. The molecule has 4 aromatic carbocycles. The summed E-state index contributed by atoms with van der Waals surface area (Å²) >= 11 is 0. The summed E-state index contributed by atoms with van der Waals surface area (Å²) < 4.78 is 12.1. The van der Waals surface area contributed by atoms with Crippen molar-refractivity contribution in [3.8, 4) is 16.9 Å². The van der Waals surface area contributed by atoms with Gasteiger partial charge in [-0.2, -0.15) is 0 Å². The maximum atomic E-state index is 12.7. The van der Waals surface area contributed by atoms with Crippen LogP contribution in [0.15, 0.2) is 66.7 Å². The Morgan fingerprint density at radius 1 is 1.05 bits per heavy atom. The van der Waals surface area contributed by atoms with E-state index in [1.807, 2.05) is 52.8 Å². The molecule has 1 aliphatic heterocycles. The van der Waals surface area contributed by atoms with E-state index >= 15 is 0 Å². The van der Waals surface area contributed by atoms with Gasteiger partial charge >= 0.3 is 5.97 Å². The molecule has 0 saturated heterocycles. The number of hydrogen-bond acceptors (Lipinski definition) is 4. The summed E-state index contributed by atoms with van der Waals surface area (Å²) in [7, 11) is 0. The van der Waals surface area contributed by atoms with Gasteiger partial charge in [0.1, 0.15) is 5.75 Å². The first-order chi connectivity index (χ1) is 18.6.